The first-order valence-electron chi connectivity index (χ1n) is 8.69. The molecule has 29 heavy (non-hydrogen) atoms. The summed E-state index contributed by atoms with van der Waals surface area (Å²) in [6, 6.07) is 12.5. The van der Waals surface area contributed by atoms with Crippen molar-refractivity contribution in [2.45, 2.75) is 19.1 Å². The Morgan fingerprint density at radius 1 is 1.03 bits per heavy atom. The average Bonchev–Trinajstić information content (AvgIpc) is 3.06. The molecule has 0 spiro atoms. The molecule has 0 saturated heterocycles. The summed E-state index contributed by atoms with van der Waals surface area (Å²) in [5, 5.41) is 5.61. The first-order chi connectivity index (χ1) is 13.8. The quantitative estimate of drug-likeness (QED) is 0.521. The van der Waals surface area contributed by atoms with Crippen LogP contribution in [0.3, 0.4) is 0 Å². The number of nitrogens with two attached hydrogens (primary N) is 1. The second kappa shape index (κ2) is 7.36. The van der Waals surface area contributed by atoms with E-state index in [9.17, 15) is 13.2 Å². The summed E-state index contributed by atoms with van der Waals surface area (Å²) in [5.74, 6) is 0.528. The Kier molecular flexibility index (Phi) is 4.87. The maximum absolute atomic E-state index is 12.9. The van der Waals surface area contributed by atoms with E-state index >= 15 is 0 Å². The van der Waals surface area contributed by atoms with Crippen molar-refractivity contribution in [2.24, 2.45) is 0 Å². The Morgan fingerprint density at radius 2 is 1.83 bits per heavy atom. The van der Waals surface area contributed by atoms with E-state index in [0.717, 1.165) is 17.7 Å². The van der Waals surface area contributed by atoms with Gasteiger partial charge >= 0.3 is 6.18 Å². The standard InChI is InChI=1S/C20H15ClF3N5/c21-16-7-2-1-5-13(16)10-29-11-15-18(25)26-17(27-19(15)28-29)9-12-4-3-6-14(8-12)20(22,23)24/h1-8,11H,9-10H2,(H2,25,26,27,28). The summed E-state index contributed by atoms with van der Waals surface area (Å²) in [6.07, 6.45) is -2.57. The minimum absolute atomic E-state index is 0.113. The molecule has 9 heteroatoms. The van der Waals surface area contributed by atoms with Crippen LogP contribution in [0.15, 0.2) is 54.7 Å². The molecule has 0 bridgehead atoms. The summed E-state index contributed by atoms with van der Waals surface area (Å²) in [7, 11) is 0. The zero-order valence-corrected chi connectivity index (χ0v) is 15.7. The fraction of sp³-hybridized carbons (Fsp3) is 0.150. The molecule has 0 saturated carbocycles. The van der Waals surface area contributed by atoms with E-state index in [1.165, 1.54) is 6.07 Å². The van der Waals surface area contributed by atoms with Crippen LogP contribution in [-0.2, 0) is 19.1 Å². The molecular formula is C20H15ClF3N5. The first-order valence-corrected chi connectivity index (χ1v) is 9.06. The topological polar surface area (TPSA) is 69.6 Å². The lowest BCUT2D eigenvalue weighted by Gasteiger charge is -2.08. The number of nitrogen functional groups attached to an aromatic ring is 1. The molecule has 0 atom stereocenters. The predicted molar refractivity (Wildman–Crippen MR) is 105 cm³/mol. The maximum atomic E-state index is 12.9. The van der Waals surface area contributed by atoms with Gasteiger partial charge in [0.1, 0.15) is 11.6 Å². The van der Waals surface area contributed by atoms with Crippen molar-refractivity contribution < 1.29 is 13.2 Å². The number of nitrogens with zero attached hydrogens (tertiary/aromatic N) is 4. The number of fused-ring (bicyclic) bond motifs is 1. The number of aromatic nitrogens is 4. The Morgan fingerprint density at radius 3 is 2.59 bits per heavy atom. The normalized spacial score (nSPS) is 11.9. The number of hydrogen-bond donors (Lipinski definition) is 1. The first kappa shape index (κ1) is 19.2. The van der Waals surface area contributed by atoms with Crippen LogP contribution >= 0.6 is 11.6 Å². The molecule has 0 amide bonds. The molecule has 0 aliphatic carbocycles. The summed E-state index contributed by atoms with van der Waals surface area (Å²) in [5.41, 5.74) is 7.03. The van der Waals surface area contributed by atoms with Crippen molar-refractivity contribution in [3.05, 3.63) is 82.3 Å². The molecule has 0 aliphatic heterocycles. The predicted octanol–water partition coefficient (Wildman–Crippen LogP) is 4.72. The van der Waals surface area contributed by atoms with Gasteiger partial charge in [0.2, 0.25) is 0 Å². The maximum Gasteiger partial charge on any atom is 0.416 e. The van der Waals surface area contributed by atoms with Gasteiger partial charge in [-0.05, 0) is 23.3 Å². The highest BCUT2D eigenvalue weighted by molar-refractivity contribution is 6.31. The van der Waals surface area contributed by atoms with E-state index in [1.807, 2.05) is 18.2 Å². The number of alkyl halides is 3. The Hall–Kier alpha value is -3.13. The van der Waals surface area contributed by atoms with Gasteiger partial charge in [0.25, 0.3) is 0 Å². The summed E-state index contributed by atoms with van der Waals surface area (Å²) < 4.78 is 40.4. The van der Waals surface area contributed by atoms with Gasteiger partial charge in [-0.15, -0.1) is 0 Å². The van der Waals surface area contributed by atoms with Crippen molar-refractivity contribution in [3.63, 3.8) is 0 Å². The second-order valence-corrected chi connectivity index (χ2v) is 6.96. The SMILES string of the molecule is Nc1nc(Cc2cccc(C(F)(F)F)c2)nc2nn(Cc3ccccc3Cl)cc12. The van der Waals surface area contributed by atoms with Crippen LogP contribution in [0.4, 0.5) is 19.0 Å². The van der Waals surface area contributed by atoms with E-state index in [2.05, 4.69) is 15.1 Å². The Labute approximate surface area is 169 Å². The van der Waals surface area contributed by atoms with E-state index < -0.39 is 11.7 Å². The van der Waals surface area contributed by atoms with E-state index in [-0.39, 0.29) is 12.2 Å². The number of benzene rings is 2. The zero-order valence-electron chi connectivity index (χ0n) is 15.0. The molecule has 2 N–H and O–H groups in total. The van der Waals surface area contributed by atoms with Crippen molar-refractivity contribution >= 4 is 28.5 Å². The van der Waals surface area contributed by atoms with Crippen LogP contribution in [0.1, 0.15) is 22.5 Å². The molecule has 4 aromatic rings. The highest BCUT2D eigenvalue weighted by Crippen LogP contribution is 2.30. The van der Waals surface area contributed by atoms with Crippen LogP contribution in [0.5, 0.6) is 0 Å². The molecule has 2 aromatic heterocycles. The van der Waals surface area contributed by atoms with E-state index in [4.69, 9.17) is 17.3 Å². The van der Waals surface area contributed by atoms with E-state index in [0.29, 0.717) is 34.0 Å². The number of rotatable bonds is 4. The molecule has 2 aromatic carbocycles. The molecule has 148 valence electrons. The van der Waals surface area contributed by atoms with Gasteiger partial charge in [0.15, 0.2) is 5.65 Å². The fourth-order valence-electron chi connectivity index (χ4n) is 3.02. The minimum atomic E-state index is -4.41. The van der Waals surface area contributed by atoms with Gasteiger partial charge in [0.05, 0.1) is 17.5 Å². The molecule has 2 heterocycles. The summed E-state index contributed by atoms with van der Waals surface area (Å²) in [6.45, 7) is 0.429. The van der Waals surface area contributed by atoms with Gasteiger partial charge in [-0.2, -0.15) is 18.3 Å². The average molecular weight is 418 g/mol. The highest BCUT2D eigenvalue weighted by Gasteiger charge is 2.30. The fourth-order valence-corrected chi connectivity index (χ4v) is 3.22. The summed E-state index contributed by atoms with van der Waals surface area (Å²) >= 11 is 6.19. The zero-order chi connectivity index (χ0) is 20.6. The smallest absolute Gasteiger partial charge is 0.383 e. The Balaban J connectivity index is 1.63. The second-order valence-electron chi connectivity index (χ2n) is 6.56. The molecule has 0 fully saturated rings. The van der Waals surface area contributed by atoms with Crippen molar-refractivity contribution in [2.75, 3.05) is 5.73 Å². The number of halogens is 4. The van der Waals surface area contributed by atoms with Crippen LogP contribution in [-0.4, -0.2) is 19.7 Å². The third kappa shape index (κ3) is 4.17. The molecular weight excluding hydrogens is 403 g/mol. The lowest BCUT2D eigenvalue weighted by Crippen LogP contribution is -2.06. The molecule has 5 nitrogen and oxygen atoms in total. The van der Waals surface area contributed by atoms with Crippen molar-refractivity contribution in [1.82, 2.24) is 19.7 Å². The Bertz CT molecular complexity index is 1190. The molecule has 4 rings (SSSR count). The van der Waals surface area contributed by atoms with Gasteiger partial charge in [0, 0.05) is 17.6 Å². The summed E-state index contributed by atoms with van der Waals surface area (Å²) in [4.78, 5) is 8.60. The minimum Gasteiger partial charge on any atom is -0.383 e. The molecule has 0 unspecified atom stereocenters. The monoisotopic (exact) mass is 417 g/mol. The van der Waals surface area contributed by atoms with Crippen LogP contribution in [0.2, 0.25) is 5.02 Å². The number of hydrogen-bond acceptors (Lipinski definition) is 4. The van der Waals surface area contributed by atoms with Gasteiger partial charge in [-0.1, -0.05) is 48.0 Å². The lowest BCUT2D eigenvalue weighted by molar-refractivity contribution is -0.137. The van der Waals surface area contributed by atoms with Crippen LogP contribution in [0, 0.1) is 0 Å². The van der Waals surface area contributed by atoms with Crippen molar-refractivity contribution in [1.29, 1.82) is 0 Å². The lowest BCUT2D eigenvalue weighted by atomic mass is 10.1. The highest BCUT2D eigenvalue weighted by atomic mass is 35.5. The molecule has 0 aliphatic rings. The van der Waals surface area contributed by atoms with Gasteiger partial charge < -0.3 is 5.73 Å². The van der Waals surface area contributed by atoms with E-state index in [1.54, 1.807) is 23.0 Å². The largest absolute Gasteiger partial charge is 0.416 e. The van der Waals surface area contributed by atoms with Crippen molar-refractivity contribution in [3.8, 4) is 0 Å². The third-order valence-electron chi connectivity index (χ3n) is 4.41. The third-order valence-corrected chi connectivity index (χ3v) is 4.78. The number of anilines is 1. The molecule has 0 radical (unpaired) electrons. The van der Waals surface area contributed by atoms with Gasteiger partial charge in [-0.25, -0.2) is 9.97 Å². The van der Waals surface area contributed by atoms with Crippen LogP contribution in [0.25, 0.3) is 11.0 Å². The van der Waals surface area contributed by atoms with Gasteiger partial charge in [-0.3, -0.25) is 4.68 Å². The van der Waals surface area contributed by atoms with Crippen LogP contribution < -0.4 is 5.73 Å².